The molecule has 0 fully saturated rings. The number of rotatable bonds is 3. The monoisotopic (exact) mass is 231 g/mol. The van der Waals surface area contributed by atoms with Crippen molar-refractivity contribution in [3.8, 4) is 0 Å². The molecular weight excluding hydrogens is 218 g/mol. The second-order valence-corrected chi connectivity index (χ2v) is 3.88. The van der Waals surface area contributed by atoms with E-state index in [-0.39, 0.29) is 18.3 Å². The SMILES string of the molecule is Cc1ccc(C(=O)c2nc(CO)c(C)o2)cc1. The Morgan fingerprint density at radius 1 is 1.29 bits per heavy atom. The van der Waals surface area contributed by atoms with Crippen LogP contribution in [0.4, 0.5) is 0 Å². The summed E-state index contributed by atoms with van der Waals surface area (Å²) in [6.07, 6.45) is 0. The molecule has 0 aliphatic carbocycles. The summed E-state index contributed by atoms with van der Waals surface area (Å²) in [6.45, 7) is 3.40. The zero-order chi connectivity index (χ0) is 12.4. The average Bonchev–Trinajstić information content (AvgIpc) is 2.70. The predicted octanol–water partition coefficient (Wildman–Crippen LogP) is 2.01. The second kappa shape index (κ2) is 4.51. The molecule has 1 aromatic carbocycles. The van der Waals surface area contributed by atoms with Crippen LogP contribution in [0.3, 0.4) is 0 Å². The Labute approximate surface area is 98.9 Å². The van der Waals surface area contributed by atoms with Gasteiger partial charge in [0.25, 0.3) is 5.89 Å². The molecule has 2 aromatic rings. The number of carbonyl (C=O) groups excluding carboxylic acids is 1. The maximum atomic E-state index is 12.0. The summed E-state index contributed by atoms with van der Waals surface area (Å²) in [7, 11) is 0. The maximum Gasteiger partial charge on any atom is 0.268 e. The van der Waals surface area contributed by atoms with Crippen molar-refractivity contribution in [3.63, 3.8) is 0 Å². The first kappa shape index (κ1) is 11.5. The molecule has 4 nitrogen and oxygen atoms in total. The molecule has 0 saturated carbocycles. The van der Waals surface area contributed by atoms with Gasteiger partial charge in [-0.1, -0.05) is 29.8 Å². The molecule has 0 saturated heterocycles. The zero-order valence-corrected chi connectivity index (χ0v) is 9.73. The van der Waals surface area contributed by atoms with E-state index in [9.17, 15) is 4.79 Å². The highest BCUT2D eigenvalue weighted by Crippen LogP contribution is 2.14. The van der Waals surface area contributed by atoms with Crippen LogP contribution in [0.2, 0.25) is 0 Å². The highest BCUT2D eigenvalue weighted by molar-refractivity contribution is 6.05. The number of nitrogens with zero attached hydrogens (tertiary/aromatic N) is 1. The zero-order valence-electron chi connectivity index (χ0n) is 9.73. The van der Waals surface area contributed by atoms with Crippen LogP contribution < -0.4 is 0 Å². The topological polar surface area (TPSA) is 63.3 Å². The van der Waals surface area contributed by atoms with E-state index in [2.05, 4.69) is 4.98 Å². The third kappa shape index (κ3) is 2.26. The Kier molecular flexibility index (Phi) is 3.06. The van der Waals surface area contributed by atoms with Gasteiger partial charge >= 0.3 is 0 Å². The molecular formula is C13H13NO3. The quantitative estimate of drug-likeness (QED) is 0.821. The Balaban J connectivity index is 2.33. The number of benzene rings is 1. The normalized spacial score (nSPS) is 10.5. The van der Waals surface area contributed by atoms with Crippen molar-refractivity contribution in [2.24, 2.45) is 0 Å². The molecule has 4 heteroatoms. The van der Waals surface area contributed by atoms with Crippen molar-refractivity contribution in [2.45, 2.75) is 20.5 Å². The number of carbonyl (C=O) groups is 1. The maximum absolute atomic E-state index is 12.0. The fourth-order valence-electron chi connectivity index (χ4n) is 1.50. The molecule has 1 heterocycles. The van der Waals surface area contributed by atoms with Gasteiger partial charge in [0.05, 0.1) is 6.61 Å². The van der Waals surface area contributed by atoms with Crippen molar-refractivity contribution in [1.82, 2.24) is 4.98 Å². The van der Waals surface area contributed by atoms with Gasteiger partial charge in [0.2, 0.25) is 5.78 Å². The van der Waals surface area contributed by atoms with Crippen LogP contribution in [-0.4, -0.2) is 15.9 Å². The number of hydrogen-bond donors (Lipinski definition) is 1. The molecule has 0 radical (unpaired) electrons. The largest absolute Gasteiger partial charge is 0.439 e. The average molecular weight is 231 g/mol. The van der Waals surface area contributed by atoms with Crippen LogP contribution in [0.15, 0.2) is 28.7 Å². The van der Waals surface area contributed by atoms with E-state index in [1.54, 1.807) is 19.1 Å². The molecule has 1 aromatic heterocycles. The molecule has 0 aliphatic rings. The van der Waals surface area contributed by atoms with E-state index >= 15 is 0 Å². The summed E-state index contributed by atoms with van der Waals surface area (Å²) in [5.41, 5.74) is 2.02. The predicted molar refractivity (Wildman–Crippen MR) is 61.8 cm³/mol. The first-order valence-electron chi connectivity index (χ1n) is 5.30. The van der Waals surface area contributed by atoms with E-state index in [0.717, 1.165) is 5.56 Å². The summed E-state index contributed by atoms with van der Waals surface area (Å²) in [4.78, 5) is 16.0. The minimum Gasteiger partial charge on any atom is -0.439 e. The van der Waals surface area contributed by atoms with E-state index in [1.165, 1.54) is 0 Å². The van der Waals surface area contributed by atoms with Crippen LogP contribution in [0.1, 0.15) is 33.3 Å². The first-order chi connectivity index (χ1) is 8.11. The van der Waals surface area contributed by atoms with Crippen LogP contribution in [0.5, 0.6) is 0 Å². The number of ketones is 1. The van der Waals surface area contributed by atoms with E-state index in [4.69, 9.17) is 9.52 Å². The van der Waals surface area contributed by atoms with Crippen LogP contribution in [-0.2, 0) is 6.61 Å². The van der Waals surface area contributed by atoms with Gasteiger partial charge in [0.15, 0.2) is 0 Å². The number of aliphatic hydroxyl groups is 1. The van der Waals surface area contributed by atoms with Crippen molar-refractivity contribution in [3.05, 3.63) is 52.7 Å². The van der Waals surface area contributed by atoms with E-state index in [0.29, 0.717) is 17.0 Å². The molecule has 0 spiro atoms. The van der Waals surface area contributed by atoms with Gasteiger partial charge < -0.3 is 9.52 Å². The molecule has 0 unspecified atom stereocenters. The van der Waals surface area contributed by atoms with Gasteiger partial charge in [-0.3, -0.25) is 4.79 Å². The van der Waals surface area contributed by atoms with Crippen molar-refractivity contribution in [2.75, 3.05) is 0 Å². The number of oxazole rings is 1. The summed E-state index contributed by atoms with van der Waals surface area (Å²) >= 11 is 0. The Bertz CT molecular complexity index is 540. The van der Waals surface area contributed by atoms with Crippen molar-refractivity contribution < 1.29 is 14.3 Å². The third-order valence-corrected chi connectivity index (χ3v) is 2.55. The molecule has 88 valence electrons. The molecule has 17 heavy (non-hydrogen) atoms. The number of aliphatic hydroxyl groups excluding tert-OH is 1. The Hall–Kier alpha value is -1.94. The van der Waals surface area contributed by atoms with Crippen LogP contribution in [0.25, 0.3) is 0 Å². The lowest BCUT2D eigenvalue weighted by Gasteiger charge is -1.97. The van der Waals surface area contributed by atoms with Crippen LogP contribution >= 0.6 is 0 Å². The highest BCUT2D eigenvalue weighted by atomic mass is 16.4. The summed E-state index contributed by atoms with van der Waals surface area (Å²) in [5, 5.41) is 8.99. The summed E-state index contributed by atoms with van der Waals surface area (Å²) in [5.74, 6) is 0.228. The lowest BCUT2D eigenvalue weighted by Crippen LogP contribution is -2.01. The van der Waals surface area contributed by atoms with Gasteiger partial charge in [-0.05, 0) is 13.8 Å². The second-order valence-electron chi connectivity index (χ2n) is 3.88. The van der Waals surface area contributed by atoms with Crippen molar-refractivity contribution in [1.29, 1.82) is 0 Å². The van der Waals surface area contributed by atoms with Gasteiger partial charge in [0, 0.05) is 5.56 Å². The third-order valence-electron chi connectivity index (χ3n) is 2.55. The number of aromatic nitrogens is 1. The first-order valence-corrected chi connectivity index (χ1v) is 5.30. The lowest BCUT2D eigenvalue weighted by atomic mass is 10.1. The molecule has 1 N–H and O–H groups in total. The minimum atomic E-state index is -0.271. The van der Waals surface area contributed by atoms with E-state index < -0.39 is 0 Å². The number of aryl methyl sites for hydroxylation is 2. The van der Waals surface area contributed by atoms with Gasteiger partial charge in [0.1, 0.15) is 11.5 Å². The van der Waals surface area contributed by atoms with Gasteiger partial charge in [-0.2, -0.15) is 0 Å². The van der Waals surface area contributed by atoms with E-state index in [1.807, 2.05) is 19.1 Å². The Morgan fingerprint density at radius 2 is 1.94 bits per heavy atom. The Morgan fingerprint density at radius 3 is 2.47 bits per heavy atom. The molecule has 2 rings (SSSR count). The summed E-state index contributed by atoms with van der Waals surface area (Å²) in [6, 6.07) is 7.18. The molecule has 0 aliphatic heterocycles. The van der Waals surface area contributed by atoms with Gasteiger partial charge in [-0.25, -0.2) is 4.98 Å². The summed E-state index contributed by atoms with van der Waals surface area (Å²) < 4.78 is 5.23. The smallest absolute Gasteiger partial charge is 0.268 e. The fourth-order valence-corrected chi connectivity index (χ4v) is 1.50. The lowest BCUT2D eigenvalue weighted by molar-refractivity contribution is 0.100. The minimum absolute atomic E-state index is 0.0235. The molecule has 0 atom stereocenters. The van der Waals surface area contributed by atoms with Gasteiger partial charge in [-0.15, -0.1) is 0 Å². The fraction of sp³-hybridized carbons (Fsp3) is 0.231. The van der Waals surface area contributed by atoms with Crippen LogP contribution in [0, 0.1) is 13.8 Å². The van der Waals surface area contributed by atoms with Crippen molar-refractivity contribution >= 4 is 5.78 Å². The molecule has 0 amide bonds. The number of hydrogen-bond acceptors (Lipinski definition) is 4. The highest BCUT2D eigenvalue weighted by Gasteiger charge is 2.17. The standard InChI is InChI=1S/C13H13NO3/c1-8-3-5-10(6-4-8)12(16)13-14-11(7-15)9(2)17-13/h3-6,15H,7H2,1-2H3. The molecule has 0 bridgehead atoms.